The summed E-state index contributed by atoms with van der Waals surface area (Å²) in [6, 6.07) is 10.1. The quantitative estimate of drug-likeness (QED) is 0.642. The molecular formula is C21H28N4O4S2. The van der Waals surface area contributed by atoms with Gasteiger partial charge in [-0.25, -0.2) is 8.42 Å². The largest absolute Gasteiger partial charge is 0.339 e. The van der Waals surface area contributed by atoms with Gasteiger partial charge in [0.05, 0.1) is 11.4 Å². The fourth-order valence-electron chi connectivity index (χ4n) is 3.41. The van der Waals surface area contributed by atoms with Crippen molar-refractivity contribution in [2.45, 2.75) is 18.2 Å². The van der Waals surface area contributed by atoms with E-state index >= 15 is 0 Å². The minimum atomic E-state index is -3.80. The van der Waals surface area contributed by atoms with Crippen LogP contribution in [0.1, 0.15) is 11.8 Å². The van der Waals surface area contributed by atoms with Crippen LogP contribution in [0.2, 0.25) is 0 Å². The van der Waals surface area contributed by atoms with Crippen molar-refractivity contribution in [1.82, 2.24) is 14.1 Å². The first-order valence-corrected chi connectivity index (χ1v) is 12.4. The summed E-state index contributed by atoms with van der Waals surface area (Å²) >= 11 is 1.76. The molecule has 0 bridgehead atoms. The first-order chi connectivity index (χ1) is 14.8. The number of anilines is 1. The van der Waals surface area contributed by atoms with Gasteiger partial charge < -0.3 is 10.2 Å². The number of hydrogen-bond donors (Lipinski definition) is 1. The van der Waals surface area contributed by atoms with Crippen LogP contribution < -0.4 is 5.32 Å². The van der Waals surface area contributed by atoms with Crippen LogP contribution in [0.3, 0.4) is 0 Å². The number of nitrogens with one attached hydrogen (secondary N) is 1. The zero-order valence-electron chi connectivity index (χ0n) is 17.8. The number of sulfonamides is 1. The van der Waals surface area contributed by atoms with Gasteiger partial charge in [-0.05, 0) is 42.1 Å². The smallest absolute Gasteiger partial charge is 0.243 e. The maximum atomic E-state index is 12.8. The molecule has 0 unspecified atom stereocenters. The van der Waals surface area contributed by atoms with E-state index < -0.39 is 10.0 Å². The molecule has 1 aromatic carbocycles. The highest BCUT2D eigenvalue weighted by Crippen LogP contribution is 2.18. The molecule has 1 aromatic heterocycles. The Balaban J connectivity index is 1.49. The Labute approximate surface area is 187 Å². The summed E-state index contributed by atoms with van der Waals surface area (Å²) in [6.07, 6.45) is 1.01. The van der Waals surface area contributed by atoms with Gasteiger partial charge >= 0.3 is 0 Å². The maximum Gasteiger partial charge on any atom is 0.243 e. The normalized spacial score (nSPS) is 15.3. The molecule has 0 spiro atoms. The fourth-order valence-corrected chi connectivity index (χ4v) is 5.23. The highest BCUT2D eigenvalue weighted by Gasteiger charge is 2.27. The third-order valence-electron chi connectivity index (χ3n) is 5.22. The molecule has 1 aliphatic heterocycles. The number of likely N-dealkylation sites (N-methyl/N-ethyl adjacent to an activating group) is 1. The van der Waals surface area contributed by atoms with Crippen LogP contribution in [-0.2, 0) is 26.0 Å². The number of piperazine rings is 1. The fraction of sp³-hybridized carbons (Fsp3) is 0.429. The summed E-state index contributed by atoms with van der Waals surface area (Å²) in [5.74, 6) is -0.427. The molecule has 0 radical (unpaired) electrons. The minimum Gasteiger partial charge on any atom is -0.339 e. The van der Waals surface area contributed by atoms with E-state index in [0.717, 1.165) is 30.4 Å². The molecule has 1 fully saturated rings. The Morgan fingerprint density at radius 2 is 1.77 bits per heavy atom. The van der Waals surface area contributed by atoms with E-state index in [-0.39, 0.29) is 23.3 Å². The van der Waals surface area contributed by atoms with Crippen molar-refractivity contribution in [1.29, 1.82) is 0 Å². The van der Waals surface area contributed by atoms with Crippen molar-refractivity contribution < 1.29 is 18.0 Å². The second-order valence-electron chi connectivity index (χ2n) is 7.52. The van der Waals surface area contributed by atoms with Gasteiger partial charge in [-0.1, -0.05) is 6.07 Å². The van der Waals surface area contributed by atoms with Crippen LogP contribution in [0, 0.1) is 0 Å². The molecule has 2 heterocycles. The number of carbonyl (C=O) groups is 2. The van der Waals surface area contributed by atoms with Crippen LogP contribution in [0.4, 0.5) is 5.69 Å². The summed E-state index contributed by atoms with van der Waals surface area (Å²) in [4.78, 5) is 29.3. The molecule has 168 valence electrons. The number of amides is 2. The molecule has 1 saturated heterocycles. The summed E-state index contributed by atoms with van der Waals surface area (Å²) in [5, 5.41) is 4.67. The average molecular weight is 465 g/mol. The Morgan fingerprint density at radius 3 is 2.35 bits per heavy atom. The van der Waals surface area contributed by atoms with Crippen LogP contribution in [0.5, 0.6) is 0 Å². The second-order valence-corrected chi connectivity index (χ2v) is 10.6. The van der Waals surface area contributed by atoms with Crippen LogP contribution in [0.25, 0.3) is 0 Å². The van der Waals surface area contributed by atoms with Gasteiger partial charge in [-0.2, -0.15) is 4.31 Å². The van der Waals surface area contributed by atoms with E-state index in [1.54, 1.807) is 16.2 Å². The number of hydrogen-bond acceptors (Lipinski definition) is 6. The Morgan fingerprint density at radius 1 is 1.10 bits per heavy atom. The van der Waals surface area contributed by atoms with Crippen molar-refractivity contribution in [3.8, 4) is 0 Å². The molecule has 0 atom stereocenters. The van der Waals surface area contributed by atoms with Crippen molar-refractivity contribution in [3.63, 3.8) is 0 Å². The van der Waals surface area contributed by atoms with Gasteiger partial charge in [-0.3, -0.25) is 14.5 Å². The average Bonchev–Trinajstić information content (AvgIpc) is 3.26. The lowest BCUT2D eigenvalue weighted by atomic mass is 10.2. The molecule has 2 amide bonds. The van der Waals surface area contributed by atoms with E-state index in [1.807, 2.05) is 0 Å². The van der Waals surface area contributed by atoms with E-state index in [0.29, 0.717) is 18.8 Å². The van der Waals surface area contributed by atoms with Gasteiger partial charge in [0, 0.05) is 57.3 Å². The zero-order chi connectivity index (χ0) is 22.4. The van der Waals surface area contributed by atoms with Gasteiger partial charge in [-0.15, -0.1) is 11.3 Å². The number of rotatable bonds is 8. The molecule has 31 heavy (non-hydrogen) atoms. The van der Waals surface area contributed by atoms with Crippen molar-refractivity contribution in [2.24, 2.45) is 0 Å². The number of nitrogens with zero attached hydrogens (tertiary/aromatic N) is 3. The lowest BCUT2D eigenvalue weighted by Crippen LogP contribution is -2.51. The van der Waals surface area contributed by atoms with Gasteiger partial charge in [0.15, 0.2) is 0 Å². The standard InChI is InChI=1S/C21H28N4O4S2/c1-17(26)22-18-5-7-20(8-6-18)31(28,29)23(2)16-21(27)25-13-11-24(12-14-25)10-9-19-4-3-15-30-19/h3-8,15H,9-14,16H2,1-2H3,(H,22,26). The molecule has 1 aliphatic rings. The molecule has 10 heteroatoms. The van der Waals surface area contributed by atoms with Gasteiger partial charge in [0.25, 0.3) is 0 Å². The Kier molecular flexibility index (Phi) is 7.82. The lowest BCUT2D eigenvalue weighted by Gasteiger charge is -2.35. The third kappa shape index (κ3) is 6.36. The van der Waals surface area contributed by atoms with Crippen LogP contribution in [0.15, 0.2) is 46.7 Å². The van der Waals surface area contributed by atoms with E-state index in [4.69, 9.17) is 0 Å². The molecule has 8 nitrogen and oxygen atoms in total. The highest BCUT2D eigenvalue weighted by atomic mass is 32.2. The molecule has 0 aliphatic carbocycles. The molecule has 3 rings (SSSR count). The third-order valence-corrected chi connectivity index (χ3v) is 7.97. The SMILES string of the molecule is CC(=O)Nc1ccc(S(=O)(=O)N(C)CC(=O)N2CCN(CCc3cccs3)CC2)cc1. The monoisotopic (exact) mass is 464 g/mol. The first kappa shape index (κ1) is 23.4. The molecular weight excluding hydrogens is 436 g/mol. The lowest BCUT2D eigenvalue weighted by molar-refractivity contribution is -0.133. The second kappa shape index (κ2) is 10.4. The number of benzene rings is 1. The first-order valence-electron chi connectivity index (χ1n) is 10.1. The predicted octanol–water partition coefficient (Wildman–Crippen LogP) is 1.71. The molecule has 0 saturated carbocycles. The zero-order valence-corrected chi connectivity index (χ0v) is 19.4. The Hall–Kier alpha value is -2.27. The predicted molar refractivity (Wildman–Crippen MR) is 122 cm³/mol. The topological polar surface area (TPSA) is 90.0 Å². The Bertz CT molecular complexity index is 983. The van der Waals surface area contributed by atoms with E-state index in [2.05, 4.69) is 27.7 Å². The number of thiophene rings is 1. The van der Waals surface area contributed by atoms with E-state index in [9.17, 15) is 18.0 Å². The molecule has 1 N–H and O–H groups in total. The minimum absolute atomic E-state index is 0.0790. The summed E-state index contributed by atoms with van der Waals surface area (Å²) in [5.41, 5.74) is 0.516. The van der Waals surface area contributed by atoms with Crippen LogP contribution in [-0.4, -0.2) is 80.7 Å². The highest BCUT2D eigenvalue weighted by molar-refractivity contribution is 7.89. The van der Waals surface area contributed by atoms with Crippen molar-refractivity contribution in [2.75, 3.05) is 51.6 Å². The molecule has 2 aromatic rings. The van der Waals surface area contributed by atoms with Crippen molar-refractivity contribution in [3.05, 3.63) is 46.7 Å². The summed E-state index contributed by atoms with van der Waals surface area (Å²) in [7, 11) is -2.39. The summed E-state index contributed by atoms with van der Waals surface area (Å²) < 4.78 is 26.7. The van der Waals surface area contributed by atoms with Gasteiger partial charge in [0.1, 0.15) is 0 Å². The van der Waals surface area contributed by atoms with Crippen LogP contribution >= 0.6 is 11.3 Å². The number of carbonyl (C=O) groups excluding carboxylic acids is 2. The maximum absolute atomic E-state index is 12.8. The van der Waals surface area contributed by atoms with E-state index in [1.165, 1.54) is 43.1 Å². The van der Waals surface area contributed by atoms with Crippen molar-refractivity contribution >= 4 is 38.9 Å². The van der Waals surface area contributed by atoms with Gasteiger partial charge in [0.2, 0.25) is 21.8 Å². The summed E-state index contributed by atoms with van der Waals surface area (Å²) in [6.45, 7) is 4.92.